The fourth-order valence-electron chi connectivity index (χ4n) is 3.71. The molecular weight excluding hydrogens is 412 g/mol. The Morgan fingerprint density at radius 2 is 1.24 bits per heavy atom. The number of rotatable bonds is 5. The summed E-state index contributed by atoms with van der Waals surface area (Å²) in [5, 5.41) is 4.74. The zero-order valence-electron chi connectivity index (χ0n) is 18.3. The average molecular weight is 434 g/mol. The van der Waals surface area contributed by atoms with Gasteiger partial charge in [-0.1, -0.05) is 36.4 Å². The van der Waals surface area contributed by atoms with E-state index in [-0.39, 0.29) is 0 Å². The first-order chi connectivity index (χ1) is 16.2. The van der Waals surface area contributed by atoms with Gasteiger partial charge in [-0.2, -0.15) is 5.10 Å². The molecule has 33 heavy (non-hydrogen) atoms. The molecule has 1 aliphatic heterocycles. The summed E-state index contributed by atoms with van der Waals surface area (Å²) in [4.78, 5) is 8.93. The van der Waals surface area contributed by atoms with E-state index in [0.29, 0.717) is 5.84 Å². The van der Waals surface area contributed by atoms with E-state index in [1.165, 1.54) is 0 Å². The zero-order chi connectivity index (χ0) is 22.6. The third kappa shape index (κ3) is 4.19. The highest BCUT2D eigenvalue weighted by Gasteiger charge is 2.18. The van der Waals surface area contributed by atoms with Gasteiger partial charge in [0.15, 0.2) is 5.84 Å². The van der Waals surface area contributed by atoms with Gasteiger partial charge < -0.3 is 9.47 Å². The van der Waals surface area contributed by atoms with E-state index in [9.17, 15) is 0 Å². The van der Waals surface area contributed by atoms with E-state index >= 15 is 0 Å². The molecule has 0 saturated heterocycles. The van der Waals surface area contributed by atoms with Gasteiger partial charge in [0.2, 0.25) is 0 Å². The number of hydrazone groups is 1. The quantitative estimate of drug-likeness (QED) is 0.469. The van der Waals surface area contributed by atoms with Gasteiger partial charge in [0.1, 0.15) is 17.2 Å². The minimum absolute atomic E-state index is 0.661. The normalized spacial score (nSPS) is 12.5. The second kappa shape index (κ2) is 8.96. The topological polar surface area (TPSA) is 68.1 Å². The van der Waals surface area contributed by atoms with Gasteiger partial charge in [-0.15, -0.1) is 0 Å². The lowest BCUT2D eigenvalue weighted by Gasteiger charge is -2.11. The lowest BCUT2D eigenvalue weighted by atomic mass is 9.97. The maximum absolute atomic E-state index is 5.47. The Morgan fingerprint density at radius 1 is 0.636 bits per heavy atom. The maximum atomic E-state index is 5.47. The van der Waals surface area contributed by atoms with Crippen molar-refractivity contribution >= 4 is 17.2 Å². The smallest absolute Gasteiger partial charge is 0.154 e. The highest BCUT2D eigenvalue weighted by Crippen LogP contribution is 2.30. The van der Waals surface area contributed by atoms with Crippen LogP contribution in [0.4, 0.5) is 5.69 Å². The first-order valence-corrected chi connectivity index (χ1v) is 10.5. The van der Waals surface area contributed by atoms with Gasteiger partial charge in [-0.25, -0.2) is 4.99 Å². The molecule has 4 aromatic rings. The Labute approximate surface area is 192 Å². The fourth-order valence-corrected chi connectivity index (χ4v) is 3.71. The number of benzene rings is 3. The Hall–Kier alpha value is -4.45. The molecule has 3 aromatic carbocycles. The second-order valence-corrected chi connectivity index (χ2v) is 7.46. The molecule has 0 aliphatic carbocycles. The predicted molar refractivity (Wildman–Crippen MR) is 131 cm³/mol. The standard InChI is InChI=1S/C27H22N4O2/c1-32-22-9-7-19(8-10-22)18-3-5-20(6-4-18)26-24-17-23(33-2)11-12-25(24)29-27(31-30-26)21-13-15-28-16-14-21/h3-17H,1-2H3,(H,29,31). The van der Waals surface area contributed by atoms with Crippen LogP contribution in [-0.4, -0.2) is 30.8 Å². The van der Waals surface area contributed by atoms with E-state index in [2.05, 4.69) is 34.7 Å². The van der Waals surface area contributed by atoms with Crippen LogP contribution in [0, 0.1) is 0 Å². The molecule has 0 unspecified atom stereocenters. The Bertz CT molecular complexity index is 1330. The van der Waals surface area contributed by atoms with Crippen LogP contribution in [0.2, 0.25) is 0 Å². The highest BCUT2D eigenvalue weighted by atomic mass is 16.5. The summed E-state index contributed by atoms with van der Waals surface area (Å²) in [7, 11) is 3.32. The predicted octanol–water partition coefficient (Wildman–Crippen LogP) is 5.20. The minimum Gasteiger partial charge on any atom is -0.497 e. The lowest BCUT2D eigenvalue weighted by molar-refractivity contribution is 0.414. The Balaban J connectivity index is 1.54. The molecule has 0 amide bonds. The van der Waals surface area contributed by atoms with Gasteiger partial charge in [-0.3, -0.25) is 10.4 Å². The van der Waals surface area contributed by atoms with Crippen LogP contribution in [0.5, 0.6) is 11.5 Å². The first kappa shape index (κ1) is 20.5. The van der Waals surface area contributed by atoms with Crippen LogP contribution in [-0.2, 0) is 0 Å². The molecule has 2 heterocycles. The molecule has 1 N–H and O–H groups in total. The van der Waals surface area contributed by atoms with Crippen LogP contribution in [0.25, 0.3) is 11.1 Å². The molecule has 0 bridgehead atoms. The lowest BCUT2D eigenvalue weighted by Crippen LogP contribution is -2.19. The van der Waals surface area contributed by atoms with Crippen molar-refractivity contribution in [2.24, 2.45) is 10.1 Å². The van der Waals surface area contributed by atoms with Crippen LogP contribution in [0.3, 0.4) is 0 Å². The summed E-state index contributed by atoms with van der Waals surface area (Å²) >= 11 is 0. The largest absolute Gasteiger partial charge is 0.497 e. The highest BCUT2D eigenvalue weighted by molar-refractivity contribution is 6.18. The van der Waals surface area contributed by atoms with Crippen molar-refractivity contribution < 1.29 is 9.47 Å². The van der Waals surface area contributed by atoms with E-state index in [1.54, 1.807) is 26.6 Å². The number of hydrogen-bond acceptors (Lipinski definition) is 6. The van der Waals surface area contributed by atoms with E-state index in [0.717, 1.165) is 50.7 Å². The average Bonchev–Trinajstić information content (AvgIpc) is 3.08. The number of amidine groups is 1. The van der Waals surface area contributed by atoms with Crippen molar-refractivity contribution in [2.75, 3.05) is 14.2 Å². The van der Waals surface area contributed by atoms with Crippen molar-refractivity contribution in [3.05, 3.63) is 108 Å². The number of ether oxygens (including phenoxy) is 2. The molecule has 162 valence electrons. The van der Waals surface area contributed by atoms with Crippen molar-refractivity contribution in [2.45, 2.75) is 0 Å². The van der Waals surface area contributed by atoms with Gasteiger partial charge in [0, 0.05) is 29.1 Å². The van der Waals surface area contributed by atoms with Crippen LogP contribution < -0.4 is 14.9 Å². The number of nitrogens with zero attached hydrogens (tertiary/aromatic N) is 3. The fraction of sp³-hybridized carbons (Fsp3) is 0.0741. The molecule has 6 nitrogen and oxygen atoms in total. The molecule has 0 saturated carbocycles. The number of aromatic nitrogens is 1. The summed E-state index contributed by atoms with van der Waals surface area (Å²) < 4.78 is 10.7. The SMILES string of the molecule is COc1ccc(-c2ccc(C3=NNC(c4ccncc4)=Nc4ccc(OC)cc43)cc2)cc1. The van der Waals surface area contributed by atoms with Crippen LogP contribution >= 0.6 is 0 Å². The molecule has 0 radical (unpaired) electrons. The van der Waals surface area contributed by atoms with Crippen LogP contribution in [0.15, 0.2) is 101 Å². The summed E-state index contributed by atoms with van der Waals surface area (Å²) in [6, 6.07) is 26.0. The second-order valence-electron chi connectivity index (χ2n) is 7.46. The molecule has 1 aliphatic rings. The number of hydrogen-bond donors (Lipinski definition) is 1. The molecule has 0 fully saturated rings. The molecule has 0 spiro atoms. The molecule has 0 atom stereocenters. The molecular formula is C27H22N4O2. The summed E-state index contributed by atoms with van der Waals surface area (Å²) in [5.74, 6) is 2.25. The third-order valence-electron chi connectivity index (χ3n) is 5.50. The number of methoxy groups -OCH3 is 2. The van der Waals surface area contributed by atoms with E-state index < -0.39 is 0 Å². The first-order valence-electron chi connectivity index (χ1n) is 10.5. The Kier molecular flexibility index (Phi) is 5.55. The summed E-state index contributed by atoms with van der Waals surface area (Å²) in [5.41, 5.74) is 9.75. The summed E-state index contributed by atoms with van der Waals surface area (Å²) in [6.07, 6.45) is 3.48. The number of pyridine rings is 1. The number of aliphatic imine (C=N–C) groups is 1. The molecule has 6 heteroatoms. The van der Waals surface area contributed by atoms with E-state index in [1.807, 2.05) is 54.6 Å². The maximum Gasteiger partial charge on any atom is 0.154 e. The van der Waals surface area contributed by atoms with Crippen molar-refractivity contribution in [1.29, 1.82) is 0 Å². The minimum atomic E-state index is 0.661. The summed E-state index contributed by atoms with van der Waals surface area (Å²) in [6.45, 7) is 0. The van der Waals surface area contributed by atoms with Crippen molar-refractivity contribution in [1.82, 2.24) is 10.4 Å². The van der Waals surface area contributed by atoms with E-state index in [4.69, 9.17) is 19.6 Å². The number of nitrogens with one attached hydrogen (secondary N) is 1. The van der Waals surface area contributed by atoms with Gasteiger partial charge in [0.25, 0.3) is 0 Å². The zero-order valence-corrected chi connectivity index (χ0v) is 18.3. The third-order valence-corrected chi connectivity index (χ3v) is 5.50. The van der Waals surface area contributed by atoms with Gasteiger partial charge in [-0.05, 0) is 53.6 Å². The van der Waals surface area contributed by atoms with Crippen LogP contribution in [0.1, 0.15) is 16.7 Å². The van der Waals surface area contributed by atoms with Gasteiger partial charge >= 0.3 is 0 Å². The monoisotopic (exact) mass is 434 g/mol. The van der Waals surface area contributed by atoms with Crippen molar-refractivity contribution in [3.8, 4) is 22.6 Å². The molecule has 1 aromatic heterocycles. The Morgan fingerprint density at radius 3 is 1.91 bits per heavy atom. The van der Waals surface area contributed by atoms with Crippen molar-refractivity contribution in [3.63, 3.8) is 0 Å². The molecule has 5 rings (SSSR count). The van der Waals surface area contributed by atoms with Gasteiger partial charge in [0.05, 0.1) is 19.9 Å². The number of fused-ring (bicyclic) bond motifs is 1.